The lowest BCUT2D eigenvalue weighted by atomic mass is 10.0. The van der Waals surface area contributed by atoms with Gasteiger partial charge in [0, 0.05) is 12.5 Å². The van der Waals surface area contributed by atoms with Crippen LogP contribution in [-0.4, -0.2) is 22.4 Å². The van der Waals surface area contributed by atoms with Gasteiger partial charge < -0.3 is 15.9 Å². The van der Waals surface area contributed by atoms with Crippen molar-refractivity contribution in [1.29, 1.82) is 0 Å². The molecule has 0 saturated carbocycles. The summed E-state index contributed by atoms with van der Waals surface area (Å²) in [5.41, 5.74) is 7.74. The second-order valence-electron chi connectivity index (χ2n) is 3.89. The summed E-state index contributed by atoms with van der Waals surface area (Å²) in [5.74, 6) is 0. The first-order valence-electron chi connectivity index (χ1n) is 4.88. The highest BCUT2D eigenvalue weighted by Crippen LogP contribution is 2.27. The first-order chi connectivity index (χ1) is 6.68. The average molecular weight is 193 g/mol. The van der Waals surface area contributed by atoms with Gasteiger partial charge in [0.2, 0.25) is 0 Å². The van der Waals surface area contributed by atoms with Crippen molar-refractivity contribution in [3.05, 3.63) is 35.4 Å². The third kappa shape index (κ3) is 1.66. The van der Waals surface area contributed by atoms with E-state index in [0.29, 0.717) is 12.8 Å². The third-order valence-electron chi connectivity index (χ3n) is 2.83. The van der Waals surface area contributed by atoms with Crippen molar-refractivity contribution < 1.29 is 10.2 Å². The number of aliphatic hydroxyl groups is 2. The standard InChI is InChI=1S/C11H15NO2/c12-9-5-7-3-1-2-4-8(7)10(13)6-11(9)14/h1-4,9-11,13-14H,5-6,12H2. The van der Waals surface area contributed by atoms with Crippen molar-refractivity contribution in [2.45, 2.75) is 31.1 Å². The highest BCUT2D eigenvalue weighted by molar-refractivity contribution is 5.31. The number of nitrogens with two attached hydrogens (primary N) is 1. The van der Waals surface area contributed by atoms with Crippen LogP contribution in [-0.2, 0) is 6.42 Å². The van der Waals surface area contributed by atoms with Crippen molar-refractivity contribution in [3.8, 4) is 0 Å². The smallest absolute Gasteiger partial charge is 0.0817 e. The minimum atomic E-state index is -0.614. The molecule has 14 heavy (non-hydrogen) atoms. The van der Waals surface area contributed by atoms with E-state index in [9.17, 15) is 10.2 Å². The zero-order valence-corrected chi connectivity index (χ0v) is 7.93. The van der Waals surface area contributed by atoms with Gasteiger partial charge in [0.15, 0.2) is 0 Å². The van der Waals surface area contributed by atoms with Gasteiger partial charge in [-0.15, -0.1) is 0 Å². The summed E-state index contributed by atoms with van der Waals surface area (Å²) in [6.07, 6.45) is -0.237. The van der Waals surface area contributed by atoms with Crippen molar-refractivity contribution in [2.24, 2.45) is 5.73 Å². The fourth-order valence-corrected chi connectivity index (χ4v) is 1.97. The molecule has 0 bridgehead atoms. The SMILES string of the molecule is NC1Cc2ccccc2C(O)CC1O. The maximum absolute atomic E-state index is 9.81. The van der Waals surface area contributed by atoms with Gasteiger partial charge in [0.25, 0.3) is 0 Å². The lowest BCUT2D eigenvalue weighted by molar-refractivity contribution is 0.0713. The Morgan fingerprint density at radius 3 is 2.71 bits per heavy atom. The van der Waals surface area contributed by atoms with E-state index in [1.54, 1.807) is 0 Å². The van der Waals surface area contributed by atoms with Crippen LogP contribution in [0, 0.1) is 0 Å². The van der Waals surface area contributed by atoms with Gasteiger partial charge in [-0.25, -0.2) is 0 Å². The second kappa shape index (κ2) is 3.69. The molecule has 0 fully saturated rings. The minimum absolute atomic E-state index is 0.270. The molecule has 0 heterocycles. The molecule has 3 heteroatoms. The fraction of sp³-hybridized carbons (Fsp3) is 0.455. The molecule has 0 spiro atoms. The van der Waals surface area contributed by atoms with E-state index in [1.807, 2.05) is 24.3 Å². The van der Waals surface area contributed by atoms with E-state index in [-0.39, 0.29) is 6.04 Å². The van der Waals surface area contributed by atoms with Crippen LogP contribution in [0.1, 0.15) is 23.7 Å². The summed E-state index contributed by atoms with van der Waals surface area (Å²) >= 11 is 0. The Bertz CT molecular complexity index is 327. The summed E-state index contributed by atoms with van der Waals surface area (Å²) in [5, 5.41) is 19.4. The van der Waals surface area contributed by atoms with Crippen LogP contribution >= 0.6 is 0 Å². The Hall–Kier alpha value is -0.900. The molecule has 1 aliphatic carbocycles. The Kier molecular flexibility index (Phi) is 2.54. The summed E-state index contributed by atoms with van der Waals surface area (Å²) in [6.45, 7) is 0. The van der Waals surface area contributed by atoms with Gasteiger partial charge in [-0.05, 0) is 17.5 Å². The summed E-state index contributed by atoms with van der Waals surface area (Å²) in [6, 6.07) is 7.40. The van der Waals surface area contributed by atoms with E-state index in [2.05, 4.69) is 0 Å². The van der Waals surface area contributed by atoms with Gasteiger partial charge in [0.1, 0.15) is 0 Å². The number of hydrogen-bond donors (Lipinski definition) is 3. The molecule has 3 nitrogen and oxygen atoms in total. The molecule has 3 unspecified atom stereocenters. The molecule has 76 valence electrons. The summed E-state index contributed by atoms with van der Waals surface area (Å²) in [7, 11) is 0. The largest absolute Gasteiger partial charge is 0.391 e. The average Bonchev–Trinajstić information content (AvgIpc) is 2.27. The van der Waals surface area contributed by atoms with E-state index in [1.165, 1.54) is 0 Å². The molecule has 0 radical (unpaired) electrons. The van der Waals surface area contributed by atoms with Crippen LogP contribution in [0.4, 0.5) is 0 Å². The van der Waals surface area contributed by atoms with Crippen molar-refractivity contribution in [2.75, 3.05) is 0 Å². The first kappa shape index (κ1) is 9.65. The second-order valence-corrected chi connectivity index (χ2v) is 3.89. The first-order valence-corrected chi connectivity index (χ1v) is 4.88. The Balaban J connectivity index is 2.38. The molecule has 3 atom stereocenters. The zero-order chi connectivity index (χ0) is 10.1. The summed E-state index contributed by atoms with van der Waals surface area (Å²) in [4.78, 5) is 0. The molecular formula is C11H15NO2. The Morgan fingerprint density at radius 1 is 1.21 bits per heavy atom. The fourth-order valence-electron chi connectivity index (χ4n) is 1.97. The Morgan fingerprint density at radius 2 is 1.93 bits per heavy atom. The monoisotopic (exact) mass is 193 g/mol. The van der Waals surface area contributed by atoms with Gasteiger partial charge in [-0.3, -0.25) is 0 Å². The predicted octanol–water partition coefficient (Wildman–Crippen LogP) is 0.354. The normalized spacial score (nSPS) is 32.1. The van der Waals surface area contributed by atoms with Gasteiger partial charge in [-0.2, -0.15) is 0 Å². The Labute approximate surface area is 83.2 Å². The van der Waals surface area contributed by atoms with Gasteiger partial charge in [-0.1, -0.05) is 24.3 Å². The molecule has 1 aliphatic rings. The van der Waals surface area contributed by atoms with Crippen molar-refractivity contribution in [3.63, 3.8) is 0 Å². The number of hydrogen-bond acceptors (Lipinski definition) is 3. The number of rotatable bonds is 0. The third-order valence-corrected chi connectivity index (χ3v) is 2.83. The van der Waals surface area contributed by atoms with Crippen LogP contribution in [0.15, 0.2) is 24.3 Å². The minimum Gasteiger partial charge on any atom is -0.391 e. The number of fused-ring (bicyclic) bond motifs is 1. The van der Waals surface area contributed by atoms with E-state index in [4.69, 9.17) is 5.73 Å². The highest BCUT2D eigenvalue weighted by atomic mass is 16.3. The van der Waals surface area contributed by atoms with Crippen molar-refractivity contribution in [1.82, 2.24) is 0 Å². The maximum Gasteiger partial charge on any atom is 0.0817 e. The molecule has 1 aromatic carbocycles. The van der Waals surface area contributed by atoms with Crippen LogP contribution in [0.3, 0.4) is 0 Å². The predicted molar refractivity (Wildman–Crippen MR) is 53.7 cm³/mol. The molecule has 0 saturated heterocycles. The molecule has 0 amide bonds. The molecular weight excluding hydrogens is 178 g/mol. The van der Waals surface area contributed by atoms with Crippen molar-refractivity contribution >= 4 is 0 Å². The number of aliphatic hydroxyl groups excluding tert-OH is 2. The lowest BCUT2D eigenvalue weighted by Crippen LogP contribution is -2.35. The topological polar surface area (TPSA) is 66.5 Å². The quantitative estimate of drug-likeness (QED) is 0.521. The van der Waals surface area contributed by atoms with E-state index >= 15 is 0 Å². The molecule has 2 rings (SSSR count). The van der Waals surface area contributed by atoms with Crippen LogP contribution in [0.25, 0.3) is 0 Å². The number of benzene rings is 1. The molecule has 1 aromatic rings. The van der Waals surface area contributed by atoms with Gasteiger partial charge >= 0.3 is 0 Å². The summed E-state index contributed by atoms with van der Waals surface area (Å²) < 4.78 is 0. The van der Waals surface area contributed by atoms with Gasteiger partial charge in [0.05, 0.1) is 12.2 Å². The van der Waals surface area contributed by atoms with Crippen LogP contribution in [0.5, 0.6) is 0 Å². The zero-order valence-electron chi connectivity index (χ0n) is 7.93. The molecule has 0 aromatic heterocycles. The molecule has 4 N–H and O–H groups in total. The van der Waals surface area contributed by atoms with Crippen LogP contribution in [0.2, 0.25) is 0 Å². The maximum atomic E-state index is 9.81. The van der Waals surface area contributed by atoms with E-state index in [0.717, 1.165) is 11.1 Å². The van der Waals surface area contributed by atoms with Crippen LogP contribution < -0.4 is 5.73 Å². The lowest BCUT2D eigenvalue weighted by Gasteiger charge is -2.15. The highest BCUT2D eigenvalue weighted by Gasteiger charge is 2.26. The molecule has 0 aliphatic heterocycles. The van der Waals surface area contributed by atoms with E-state index < -0.39 is 12.2 Å².